The first-order chi connectivity index (χ1) is 11.0. The van der Waals surface area contributed by atoms with Crippen LogP contribution >= 0.6 is 0 Å². The maximum absolute atomic E-state index is 12.6. The Labute approximate surface area is 134 Å². The van der Waals surface area contributed by atoms with Crippen molar-refractivity contribution in [3.8, 4) is 0 Å². The van der Waals surface area contributed by atoms with Crippen LogP contribution in [-0.2, 0) is 9.53 Å². The van der Waals surface area contributed by atoms with Gasteiger partial charge in [-0.1, -0.05) is 18.2 Å². The Morgan fingerprint density at radius 3 is 2.70 bits per heavy atom. The highest BCUT2D eigenvalue weighted by atomic mass is 16.5. The van der Waals surface area contributed by atoms with Crippen molar-refractivity contribution in [1.82, 2.24) is 10.3 Å². The van der Waals surface area contributed by atoms with E-state index in [0.717, 1.165) is 16.6 Å². The van der Waals surface area contributed by atoms with Gasteiger partial charge in [-0.2, -0.15) is 0 Å². The molecule has 0 bridgehead atoms. The van der Waals surface area contributed by atoms with Crippen LogP contribution in [0, 0.1) is 12.3 Å². The van der Waals surface area contributed by atoms with Crippen molar-refractivity contribution < 1.29 is 14.3 Å². The summed E-state index contributed by atoms with van der Waals surface area (Å²) in [4.78, 5) is 27.7. The molecule has 2 aromatic rings. The zero-order valence-corrected chi connectivity index (χ0v) is 13.1. The van der Waals surface area contributed by atoms with Gasteiger partial charge in [-0.05, 0) is 25.8 Å². The van der Waals surface area contributed by atoms with Crippen LogP contribution in [0.15, 0.2) is 24.3 Å². The smallest absolute Gasteiger partial charge is 0.253 e. The van der Waals surface area contributed by atoms with E-state index in [1.165, 1.54) is 0 Å². The van der Waals surface area contributed by atoms with E-state index in [0.29, 0.717) is 31.6 Å². The number of amides is 2. The minimum absolute atomic E-state index is 0.188. The SMILES string of the molecule is Cc1[nH]c2ccccc2c1C(=O)NCC1(C(N)=O)CCOCC1. The van der Waals surface area contributed by atoms with Gasteiger partial charge in [0.25, 0.3) is 5.91 Å². The zero-order valence-electron chi connectivity index (χ0n) is 13.1. The molecule has 1 saturated heterocycles. The molecule has 3 rings (SSSR count). The number of aryl methyl sites for hydroxylation is 1. The van der Waals surface area contributed by atoms with Gasteiger partial charge in [0.15, 0.2) is 0 Å². The van der Waals surface area contributed by atoms with Crippen LogP contribution in [0.4, 0.5) is 0 Å². The third-order valence-electron chi connectivity index (χ3n) is 4.68. The number of benzene rings is 1. The third kappa shape index (κ3) is 2.82. The van der Waals surface area contributed by atoms with Crippen molar-refractivity contribution in [3.05, 3.63) is 35.5 Å². The van der Waals surface area contributed by atoms with Crippen LogP contribution in [0.5, 0.6) is 0 Å². The molecule has 0 radical (unpaired) electrons. The normalized spacial score (nSPS) is 17.1. The summed E-state index contributed by atoms with van der Waals surface area (Å²) >= 11 is 0. The summed E-state index contributed by atoms with van der Waals surface area (Å²) in [5.41, 5.74) is 7.21. The van der Waals surface area contributed by atoms with Crippen molar-refractivity contribution in [3.63, 3.8) is 0 Å². The fraction of sp³-hybridized carbons (Fsp3) is 0.412. The summed E-state index contributed by atoms with van der Waals surface area (Å²) in [7, 11) is 0. The average molecular weight is 315 g/mol. The molecule has 6 nitrogen and oxygen atoms in total. The number of primary amides is 1. The number of hydrogen-bond donors (Lipinski definition) is 3. The van der Waals surface area contributed by atoms with Crippen LogP contribution in [0.2, 0.25) is 0 Å². The number of fused-ring (bicyclic) bond motifs is 1. The van der Waals surface area contributed by atoms with Crippen molar-refractivity contribution in [1.29, 1.82) is 0 Å². The van der Waals surface area contributed by atoms with Gasteiger partial charge in [-0.3, -0.25) is 9.59 Å². The van der Waals surface area contributed by atoms with Gasteiger partial charge >= 0.3 is 0 Å². The van der Waals surface area contributed by atoms with Crippen molar-refractivity contribution in [2.24, 2.45) is 11.1 Å². The molecule has 0 aliphatic carbocycles. The van der Waals surface area contributed by atoms with E-state index in [2.05, 4.69) is 10.3 Å². The monoisotopic (exact) mass is 315 g/mol. The topological polar surface area (TPSA) is 97.2 Å². The molecule has 122 valence electrons. The van der Waals surface area contributed by atoms with Gasteiger partial charge in [0.05, 0.1) is 11.0 Å². The molecule has 6 heteroatoms. The van der Waals surface area contributed by atoms with Gasteiger partial charge in [0.2, 0.25) is 5.91 Å². The Kier molecular flexibility index (Phi) is 4.09. The van der Waals surface area contributed by atoms with Crippen LogP contribution in [0.25, 0.3) is 10.9 Å². The Balaban J connectivity index is 1.81. The zero-order chi connectivity index (χ0) is 16.4. The lowest BCUT2D eigenvalue weighted by molar-refractivity contribution is -0.132. The largest absolute Gasteiger partial charge is 0.381 e. The average Bonchev–Trinajstić information content (AvgIpc) is 2.89. The van der Waals surface area contributed by atoms with Crippen molar-refractivity contribution in [2.45, 2.75) is 19.8 Å². The predicted octanol–water partition coefficient (Wildman–Crippen LogP) is 1.49. The Bertz CT molecular complexity index is 745. The van der Waals surface area contributed by atoms with E-state index >= 15 is 0 Å². The Hall–Kier alpha value is -2.34. The number of carbonyl (C=O) groups is 2. The van der Waals surface area contributed by atoms with E-state index < -0.39 is 5.41 Å². The molecule has 1 fully saturated rings. The standard InChI is InChI=1S/C17H21N3O3/c1-11-14(12-4-2-3-5-13(12)20-11)15(21)19-10-17(16(18)22)6-8-23-9-7-17/h2-5,20H,6-10H2,1H3,(H2,18,22)(H,19,21). The lowest BCUT2D eigenvalue weighted by Gasteiger charge is -2.34. The molecule has 4 N–H and O–H groups in total. The molecular weight excluding hydrogens is 294 g/mol. The molecule has 1 aliphatic heterocycles. The summed E-state index contributed by atoms with van der Waals surface area (Å²) in [6.45, 7) is 3.09. The number of hydrogen-bond acceptors (Lipinski definition) is 3. The van der Waals surface area contributed by atoms with Crippen LogP contribution < -0.4 is 11.1 Å². The van der Waals surface area contributed by atoms with E-state index in [1.807, 2.05) is 31.2 Å². The molecule has 2 heterocycles. The van der Waals surface area contributed by atoms with Gasteiger partial charge in [-0.25, -0.2) is 0 Å². The predicted molar refractivity (Wildman–Crippen MR) is 87.0 cm³/mol. The number of para-hydroxylation sites is 1. The summed E-state index contributed by atoms with van der Waals surface area (Å²) in [5, 5.41) is 3.77. The number of aromatic amines is 1. The number of ether oxygens (including phenoxy) is 1. The fourth-order valence-electron chi connectivity index (χ4n) is 3.18. The molecule has 0 spiro atoms. The Morgan fingerprint density at radius 1 is 1.30 bits per heavy atom. The summed E-state index contributed by atoms with van der Waals surface area (Å²) in [6, 6.07) is 7.66. The van der Waals surface area contributed by atoms with Crippen LogP contribution in [0.3, 0.4) is 0 Å². The summed E-state index contributed by atoms with van der Waals surface area (Å²) in [5.74, 6) is -0.566. The lowest BCUT2D eigenvalue weighted by Crippen LogP contribution is -2.49. The van der Waals surface area contributed by atoms with Gasteiger partial charge in [0.1, 0.15) is 0 Å². The van der Waals surface area contributed by atoms with Crippen LogP contribution in [-0.4, -0.2) is 36.6 Å². The first-order valence-corrected chi connectivity index (χ1v) is 7.77. The number of aromatic nitrogens is 1. The molecule has 0 saturated carbocycles. The summed E-state index contributed by atoms with van der Waals surface area (Å²) in [6.07, 6.45) is 1.07. The number of rotatable bonds is 4. The Morgan fingerprint density at radius 2 is 2.00 bits per heavy atom. The molecule has 0 unspecified atom stereocenters. The quantitative estimate of drug-likeness (QED) is 0.797. The molecule has 0 atom stereocenters. The highest BCUT2D eigenvalue weighted by Gasteiger charge is 2.38. The second-order valence-corrected chi connectivity index (χ2v) is 6.11. The second kappa shape index (κ2) is 6.04. The van der Waals surface area contributed by atoms with E-state index in [4.69, 9.17) is 10.5 Å². The van der Waals surface area contributed by atoms with Crippen LogP contribution in [0.1, 0.15) is 28.9 Å². The number of carbonyl (C=O) groups excluding carboxylic acids is 2. The third-order valence-corrected chi connectivity index (χ3v) is 4.68. The lowest BCUT2D eigenvalue weighted by atomic mass is 9.79. The van der Waals surface area contributed by atoms with E-state index in [9.17, 15) is 9.59 Å². The van der Waals surface area contributed by atoms with Gasteiger partial charge in [0, 0.05) is 36.4 Å². The molecule has 1 aliphatic rings. The molecule has 23 heavy (non-hydrogen) atoms. The van der Waals surface area contributed by atoms with Crippen molar-refractivity contribution >= 4 is 22.7 Å². The van der Waals surface area contributed by atoms with Gasteiger partial charge in [-0.15, -0.1) is 0 Å². The maximum Gasteiger partial charge on any atom is 0.253 e. The molecule has 1 aromatic heterocycles. The summed E-state index contributed by atoms with van der Waals surface area (Å²) < 4.78 is 5.31. The fourth-order valence-corrected chi connectivity index (χ4v) is 3.18. The highest BCUT2D eigenvalue weighted by Crippen LogP contribution is 2.30. The van der Waals surface area contributed by atoms with E-state index in [-0.39, 0.29) is 18.4 Å². The second-order valence-electron chi connectivity index (χ2n) is 6.11. The van der Waals surface area contributed by atoms with Gasteiger partial charge < -0.3 is 20.8 Å². The maximum atomic E-state index is 12.6. The molecular formula is C17H21N3O3. The minimum atomic E-state index is -0.714. The van der Waals surface area contributed by atoms with Crippen molar-refractivity contribution in [2.75, 3.05) is 19.8 Å². The number of nitrogens with one attached hydrogen (secondary N) is 2. The number of nitrogens with two attached hydrogens (primary N) is 1. The molecule has 1 aromatic carbocycles. The first-order valence-electron chi connectivity index (χ1n) is 7.77. The minimum Gasteiger partial charge on any atom is -0.381 e. The van der Waals surface area contributed by atoms with E-state index in [1.54, 1.807) is 0 Å². The first kappa shape index (κ1) is 15.6. The highest BCUT2D eigenvalue weighted by molar-refractivity contribution is 6.08. The molecule has 2 amide bonds. The number of H-pyrrole nitrogens is 1.